The molecule has 0 bridgehead atoms. The van der Waals surface area contributed by atoms with Gasteiger partial charge in [0, 0.05) is 17.8 Å². The first-order valence-corrected chi connectivity index (χ1v) is 11.0. The van der Waals surface area contributed by atoms with Gasteiger partial charge in [0.1, 0.15) is 5.75 Å². The van der Waals surface area contributed by atoms with Gasteiger partial charge in [-0.1, -0.05) is 29.8 Å². The molecule has 0 aliphatic heterocycles. The lowest BCUT2D eigenvalue weighted by Crippen LogP contribution is -2.36. The molecule has 2 rings (SSSR count). The first kappa shape index (κ1) is 23.9. The lowest BCUT2D eigenvalue weighted by molar-refractivity contribution is -0.135. The zero-order chi connectivity index (χ0) is 22.3. The van der Waals surface area contributed by atoms with Gasteiger partial charge in [0.2, 0.25) is 0 Å². The summed E-state index contributed by atoms with van der Waals surface area (Å²) in [5.41, 5.74) is 4.91. The van der Waals surface area contributed by atoms with E-state index in [1.807, 2.05) is 31.1 Å². The number of likely N-dealkylation sites (N-methyl/N-ethyl adjacent to an activating group) is 1. The van der Waals surface area contributed by atoms with Crippen LogP contribution in [0.3, 0.4) is 0 Å². The van der Waals surface area contributed by atoms with Crippen molar-refractivity contribution >= 4 is 11.7 Å². The van der Waals surface area contributed by atoms with Crippen molar-refractivity contribution in [1.29, 1.82) is 0 Å². The van der Waals surface area contributed by atoms with E-state index in [1.165, 1.54) is 16.8 Å². The van der Waals surface area contributed by atoms with Crippen LogP contribution in [0.5, 0.6) is 5.75 Å². The molecule has 0 unspecified atom stereocenters. The van der Waals surface area contributed by atoms with Gasteiger partial charge in [-0.2, -0.15) is 0 Å². The molecule has 164 valence electrons. The Morgan fingerprint density at radius 3 is 2.30 bits per heavy atom. The SMILES string of the molecule is Cc1ccc(OC(=O)CN(C)C)c(CCCc2cccc(N(C(C)C)C(C)C)c2)c1. The van der Waals surface area contributed by atoms with E-state index in [0.29, 0.717) is 17.8 Å². The van der Waals surface area contributed by atoms with Crippen LogP contribution in [0.2, 0.25) is 0 Å². The minimum Gasteiger partial charge on any atom is -0.425 e. The summed E-state index contributed by atoms with van der Waals surface area (Å²) in [6, 6.07) is 15.9. The van der Waals surface area contributed by atoms with Gasteiger partial charge in [-0.15, -0.1) is 0 Å². The maximum absolute atomic E-state index is 12.1. The molecule has 2 aromatic carbocycles. The van der Waals surface area contributed by atoms with E-state index >= 15 is 0 Å². The highest BCUT2D eigenvalue weighted by atomic mass is 16.5. The number of benzene rings is 2. The van der Waals surface area contributed by atoms with Crippen molar-refractivity contribution in [2.75, 3.05) is 25.5 Å². The highest BCUT2D eigenvalue weighted by Crippen LogP contribution is 2.25. The first-order valence-electron chi connectivity index (χ1n) is 11.0. The summed E-state index contributed by atoms with van der Waals surface area (Å²) in [5.74, 6) is 0.465. The summed E-state index contributed by atoms with van der Waals surface area (Å²) in [5, 5.41) is 0. The average molecular weight is 411 g/mol. The van der Waals surface area contributed by atoms with Crippen LogP contribution in [0, 0.1) is 6.92 Å². The van der Waals surface area contributed by atoms with Crippen molar-refractivity contribution in [3.63, 3.8) is 0 Å². The smallest absolute Gasteiger partial charge is 0.325 e. The maximum atomic E-state index is 12.1. The number of hydrogen-bond acceptors (Lipinski definition) is 4. The summed E-state index contributed by atoms with van der Waals surface area (Å²) in [6.45, 7) is 11.3. The number of carbonyl (C=O) groups excluding carboxylic acids is 1. The van der Waals surface area contributed by atoms with Crippen LogP contribution in [-0.2, 0) is 17.6 Å². The van der Waals surface area contributed by atoms with Crippen LogP contribution in [0.15, 0.2) is 42.5 Å². The number of esters is 1. The third-order valence-electron chi connectivity index (χ3n) is 5.12. The van der Waals surface area contributed by atoms with E-state index in [2.05, 4.69) is 69.9 Å². The monoisotopic (exact) mass is 410 g/mol. The van der Waals surface area contributed by atoms with Crippen molar-refractivity contribution in [2.45, 2.75) is 66.0 Å². The van der Waals surface area contributed by atoms with Crippen molar-refractivity contribution in [2.24, 2.45) is 0 Å². The highest BCUT2D eigenvalue weighted by molar-refractivity contribution is 5.74. The fraction of sp³-hybridized carbons (Fsp3) is 0.500. The molecule has 2 aromatic rings. The molecule has 4 nitrogen and oxygen atoms in total. The summed E-state index contributed by atoms with van der Waals surface area (Å²) in [4.78, 5) is 16.4. The third kappa shape index (κ3) is 7.17. The Labute approximate surface area is 182 Å². The van der Waals surface area contributed by atoms with Crippen LogP contribution < -0.4 is 9.64 Å². The van der Waals surface area contributed by atoms with Gasteiger partial charge in [-0.25, -0.2) is 0 Å². The van der Waals surface area contributed by atoms with Crippen LogP contribution in [0.25, 0.3) is 0 Å². The summed E-state index contributed by atoms with van der Waals surface area (Å²) < 4.78 is 5.63. The Morgan fingerprint density at radius 1 is 0.967 bits per heavy atom. The van der Waals surface area contributed by atoms with Crippen molar-refractivity contribution in [3.8, 4) is 5.75 Å². The van der Waals surface area contributed by atoms with Crippen molar-refractivity contribution < 1.29 is 9.53 Å². The fourth-order valence-electron chi connectivity index (χ4n) is 3.96. The topological polar surface area (TPSA) is 32.8 Å². The quantitative estimate of drug-likeness (QED) is 0.395. The summed E-state index contributed by atoms with van der Waals surface area (Å²) in [7, 11) is 3.73. The minimum absolute atomic E-state index is 0.222. The predicted molar refractivity (Wildman–Crippen MR) is 127 cm³/mol. The zero-order valence-corrected chi connectivity index (χ0v) is 19.7. The predicted octanol–water partition coefficient (Wildman–Crippen LogP) is 5.26. The van der Waals surface area contributed by atoms with E-state index in [-0.39, 0.29) is 12.5 Å². The van der Waals surface area contributed by atoms with Gasteiger partial charge in [-0.3, -0.25) is 9.69 Å². The van der Waals surface area contributed by atoms with E-state index < -0.39 is 0 Å². The molecular formula is C26H38N2O2. The Balaban J connectivity index is 2.06. The van der Waals surface area contributed by atoms with Gasteiger partial charge >= 0.3 is 5.97 Å². The molecule has 0 saturated carbocycles. The van der Waals surface area contributed by atoms with E-state index in [4.69, 9.17) is 4.74 Å². The molecule has 0 radical (unpaired) electrons. The Bertz CT molecular complexity index is 820. The number of carbonyl (C=O) groups is 1. The molecule has 30 heavy (non-hydrogen) atoms. The second-order valence-corrected chi connectivity index (χ2v) is 8.94. The number of hydrogen-bond donors (Lipinski definition) is 0. The number of ether oxygens (including phenoxy) is 1. The van der Waals surface area contributed by atoms with Crippen LogP contribution in [0.1, 0.15) is 50.8 Å². The van der Waals surface area contributed by atoms with Crippen molar-refractivity contribution in [3.05, 3.63) is 59.2 Å². The zero-order valence-electron chi connectivity index (χ0n) is 19.7. The van der Waals surface area contributed by atoms with Crippen LogP contribution in [-0.4, -0.2) is 43.6 Å². The van der Waals surface area contributed by atoms with E-state index in [0.717, 1.165) is 24.8 Å². The Morgan fingerprint density at radius 2 is 1.67 bits per heavy atom. The molecule has 0 heterocycles. The largest absolute Gasteiger partial charge is 0.425 e. The maximum Gasteiger partial charge on any atom is 0.325 e. The van der Waals surface area contributed by atoms with Crippen molar-refractivity contribution in [1.82, 2.24) is 4.90 Å². The molecule has 0 spiro atoms. The molecular weight excluding hydrogens is 372 g/mol. The lowest BCUT2D eigenvalue weighted by atomic mass is 10.0. The average Bonchev–Trinajstić information content (AvgIpc) is 2.63. The lowest BCUT2D eigenvalue weighted by Gasteiger charge is -2.33. The van der Waals surface area contributed by atoms with E-state index in [9.17, 15) is 4.79 Å². The molecule has 0 saturated heterocycles. The minimum atomic E-state index is -0.222. The normalized spacial score (nSPS) is 11.4. The Kier molecular flexibility index (Phi) is 8.91. The number of rotatable bonds is 10. The van der Waals surface area contributed by atoms with Gasteiger partial charge in [0.15, 0.2) is 0 Å². The summed E-state index contributed by atoms with van der Waals surface area (Å²) >= 11 is 0. The number of nitrogens with zero attached hydrogens (tertiary/aromatic N) is 2. The third-order valence-corrected chi connectivity index (χ3v) is 5.12. The molecule has 0 aromatic heterocycles. The number of anilines is 1. The van der Waals surface area contributed by atoms with Gasteiger partial charge in [-0.05, 0) is 97.3 Å². The molecule has 0 atom stereocenters. The standard InChI is InChI=1S/C26H38N2O2/c1-19(2)28(20(3)4)24-13-9-11-22(17-24)10-8-12-23-16-21(5)14-15-25(23)30-26(29)18-27(6)7/h9,11,13-17,19-20H,8,10,12,18H2,1-7H3. The second-order valence-electron chi connectivity index (χ2n) is 8.94. The van der Waals surface area contributed by atoms with E-state index in [1.54, 1.807) is 0 Å². The summed E-state index contributed by atoms with van der Waals surface area (Å²) in [6.07, 6.45) is 2.89. The molecule has 0 aliphatic carbocycles. The first-order chi connectivity index (χ1) is 14.2. The fourth-order valence-corrected chi connectivity index (χ4v) is 3.96. The number of aryl methyl sites for hydroxylation is 3. The second kappa shape index (κ2) is 11.2. The van der Waals surface area contributed by atoms with Crippen LogP contribution >= 0.6 is 0 Å². The van der Waals surface area contributed by atoms with Crippen LogP contribution in [0.4, 0.5) is 5.69 Å². The molecule has 0 amide bonds. The molecule has 0 fully saturated rings. The Hall–Kier alpha value is -2.33. The highest BCUT2D eigenvalue weighted by Gasteiger charge is 2.15. The van der Waals surface area contributed by atoms with Gasteiger partial charge < -0.3 is 9.64 Å². The molecule has 0 aliphatic rings. The van der Waals surface area contributed by atoms with Gasteiger partial charge in [0.25, 0.3) is 0 Å². The molecule has 4 heteroatoms. The molecule has 0 N–H and O–H groups in total. The van der Waals surface area contributed by atoms with Gasteiger partial charge in [0.05, 0.1) is 6.54 Å².